The van der Waals surface area contributed by atoms with Crippen molar-refractivity contribution in [2.75, 3.05) is 12.4 Å². The third-order valence-corrected chi connectivity index (χ3v) is 7.84. The number of amides is 2. The number of carbonyl (C=O) groups is 3. The molecule has 1 saturated carbocycles. The molecule has 2 aliphatic heterocycles. The number of aliphatic carboxylic acids is 1. The molecule has 2 atom stereocenters. The molecule has 0 unspecified atom stereocenters. The second-order valence-corrected chi connectivity index (χ2v) is 9.56. The van der Waals surface area contributed by atoms with E-state index in [0.29, 0.717) is 17.9 Å². The molecule has 0 bridgehead atoms. The van der Waals surface area contributed by atoms with Crippen LogP contribution in [0, 0.1) is 0 Å². The van der Waals surface area contributed by atoms with Gasteiger partial charge in [-0.2, -0.15) is 0 Å². The van der Waals surface area contributed by atoms with Gasteiger partial charge in [0.25, 0.3) is 5.91 Å². The average Bonchev–Trinajstić information content (AvgIpc) is 3.27. The number of hydrogen-bond acceptors (Lipinski definition) is 5. The van der Waals surface area contributed by atoms with Crippen LogP contribution in [0.5, 0.6) is 5.75 Å². The number of carbonyl (C=O) groups excluding carboxylic acids is 2. The van der Waals surface area contributed by atoms with Gasteiger partial charge < -0.3 is 15.2 Å². The van der Waals surface area contributed by atoms with E-state index in [-0.39, 0.29) is 22.9 Å². The normalized spacial score (nSPS) is 24.5. The number of fused-ring (bicyclic) bond motifs is 1. The minimum Gasteiger partial charge on any atom is -0.494 e. The van der Waals surface area contributed by atoms with Crippen LogP contribution >= 0.6 is 11.8 Å². The van der Waals surface area contributed by atoms with Gasteiger partial charge in [-0.05, 0) is 49.5 Å². The van der Waals surface area contributed by atoms with Crippen molar-refractivity contribution >= 4 is 29.5 Å². The summed E-state index contributed by atoms with van der Waals surface area (Å²) in [6.45, 7) is 4.43. The third kappa shape index (κ3) is 3.71. The Morgan fingerprint density at radius 1 is 1.26 bits per heavy atom. The molecule has 0 aromatic heterocycles. The smallest absolute Gasteiger partial charge is 0.352 e. The van der Waals surface area contributed by atoms with E-state index in [9.17, 15) is 19.5 Å². The van der Waals surface area contributed by atoms with Gasteiger partial charge in [0, 0.05) is 5.75 Å². The van der Waals surface area contributed by atoms with Gasteiger partial charge in [0.15, 0.2) is 0 Å². The van der Waals surface area contributed by atoms with E-state index >= 15 is 0 Å². The van der Waals surface area contributed by atoms with Crippen LogP contribution in [-0.4, -0.2) is 51.6 Å². The third-order valence-electron chi connectivity index (χ3n) is 6.42. The summed E-state index contributed by atoms with van der Waals surface area (Å²) in [6, 6.07) is 7.02. The molecule has 7 nitrogen and oxygen atoms in total. The first-order valence-electron chi connectivity index (χ1n) is 10.8. The van der Waals surface area contributed by atoms with E-state index in [1.54, 1.807) is 6.92 Å². The van der Waals surface area contributed by atoms with Crippen molar-refractivity contribution in [2.45, 2.75) is 62.8 Å². The van der Waals surface area contributed by atoms with Crippen LogP contribution in [0.2, 0.25) is 0 Å². The SMILES string of the molecule is CCCOc1ccc(C2(C(=O)N[C@H]3C(=O)N4C(C(=O)O)=C(C)CS[C@H]34)CCCC2)cc1. The number of rotatable bonds is 7. The number of hydrogen-bond donors (Lipinski definition) is 2. The number of benzene rings is 1. The second kappa shape index (κ2) is 8.57. The van der Waals surface area contributed by atoms with Gasteiger partial charge in [-0.3, -0.25) is 14.5 Å². The first kappa shape index (κ1) is 21.7. The lowest BCUT2D eigenvalue weighted by atomic mass is 9.77. The summed E-state index contributed by atoms with van der Waals surface area (Å²) in [6.07, 6.45) is 4.30. The number of carboxylic acid groups (broad SMARTS) is 1. The Labute approximate surface area is 186 Å². The fourth-order valence-electron chi connectivity index (χ4n) is 4.77. The average molecular weight is 445 g/mol. The molecule has 1 aromatic carbocycles. The van der Waals surface area contributed by atoms with Crippen molar-refractivity contribution in [1.82, 2.24) is 10.2 Å². The number of thioether (sulfide) groups is 1. The Kier molecular flexibility index (Phi) is 6.01. The number of ether oxygens (including phenoxy) is 1. The molecule has 1 aromatic rings. The zero-order valence-corrected chi connectivity index (χ0v) is 18.7. The predicted octanol–water partition coefficient (Wildman–Crippen LogP) is 3.05. The molecular weight excluding hydrogens is 416 g/mol. The fourth-order valence-corrected chi connectivity index (χ4v) is 6.06. The molecule has 4 rings (SSSR count). The largest absolute Gasteiger partial charge is 0.494 e. The lowest BCUT2D eigenvalue weighted by Crippen LogP contribution is -2.71. The fraction of sp³-hybridized carbons (Fsp3) is 0.522. The van der Waals surface area contributed by atoms with Crippen molar-refractivity contribution in [3.05, 3.63) is 41.1 Å². The molecule has 0 radical (unpaired) electrons. The zero-order valence-electron chi connectivity index (χ0n) is 17.8. The van der Waals surface area contributed by atoms with Gasteiger partial charge in [0.1, 0.15) is 22.9 Å². The highest BCUT2D eigenvalue weighted by molar-refractivity contribution is 8.00. The molecule has 2 amide bonds. The quantitative estimate of drug-likeness (QED) is 0.628. The van der Waals surface area contributed by atoms with E-state index in [0.717, 1.165) is 43.4 Å². The standard InChI is InChI=1S/C23H28N2O5S/c1-3-12-30-16-8-6-15(7-9-16)23(10-4-5-11-23)22(29)24-17-19(26)25-18(21(27)28)14(2)13-31-20(17)25/h6-9,17,20H,3-5,10-13H2,1-2H3,(H,24,29)(H,27,28)/t17-,20+/m0/s1. The minimum atomic E-state index is -1.10. The Morgan fingerprint density at radius 2 is 1.94 bits per heavy atom. The first-order valence-corrected chi connectivity index (χ1v) is 11.9. The maximum Gasteiger partial charge on any atom is 0.352 e. The highest BCUT2D eigenvalue weighted by Crippen LogP contribution is 2.44. The van der Waals surface area contributed by atoms with Crippen LogP contribution < -0.4 is 10.1 Å². The van der Waals surface area contributed by atoms with Crippen LogP contribution in [0.3, 0.4) is 0 Å². The molecule has 1 aliphatic carbocycles. The van der Waals surface area contributed by atoms with Crippen molar-refractivity contribution in [3.63, 3.8) is 0 Å². The van der Waals surface area contributed by atoms with Crippen LogP contribution in [-0.2, 0) is 19.8 Å². The van der Waals surface area contributed by atoms with Gasteiger partial charge in [-0.1, -0.05) is 31.9 Å². The molecule has 2 heterocycles. The van der Waals surface area contributed by atoms with Crippen LogP contribution in [0.1, 0.15) is 51.5 Å². The lowest BCUT2D eigenvalue weighted by molar-refractivity contribution is -0.151. The Morgan fingerprint density at radius 3 is 2.55 bits per heavy atom. The summed E-state index contributed by atoms with van der Waals surface area (Å²) in [4.78, 5) is 39.2. The maximum absolute atomic E-state index is 13.5. The topological polar surface area (TPSA) is 95.9 Å². The number of carboxylic acids is 1. The van der Waals surface area contributed by atoms with Crippen molar-refractivity contribution in [3.8, 4) is 5.75 Å². The maximum atomic E-state index is 13.5. The Bertz CT molecular complexity index is 920. The van der Waals surface area contributed by atoms with Crippen molar-refractivity contribution in [1.29, 1.82) is 0 Å². The summed E-state index contributed by atoms with van der Waals surface area (Å²) in [5, 5.41) is 12.1. The van der Waals surface area contributed by atoms with E-state index in [1.165, 1.54) is 16.7 Å². The number of nitrogens with one attached hydrogen (secondary N) is 1. The van der Waals surface area contributed by atoms with Crippen molar-refractivity contribution < 1.29 is 24.2 Å². The van der Waals surface area contributed by atoms with E-state index in [1.807, 2.05) is 24.3 Å². The Balaban J connectivity index is 1.52. The highest BCUT2D eigenvalue weighted by Gasteiger charge is 2.55. The monoisotopic (exact) mass is 444 g/mol. The molecule has 2 N–H and O–H groups in total. The summed E-state index contributed by atoms with van der Waals surface area (Å²) in [5.41, 5.74) is 1.00. The van der Waals surface area contributed by atoms with Gasteiger partial charge in [0.05, 0.1) is 12.0 Å². The molecule has 8 heteroatoms. The summed E-state index contributed by atoms with van der Waals surface area (Å²) >= 11 is 1.50. The van der Waals surface area contributed by atoms with Gasteiger partial charge >= 0.3 is 5.97 Å². The zero-order chi connectivity index (χ0) is 22.2. The summed E-state index contributed by atoms with van der Waals surface area (Å²) < 4.78 is 5.66. The number of nitrogens with zero attached hydrogens (tertiary/aromatic N) is 1. The van der Waals surface area contributed by atoms with Crippen LogP contribution in [0.15, 0.2) is 35.5 Å². The Hall–Kier alpha value is -2.48. The lowest BCUT2D eigenvalue weighted by Gasteiger charge is -2.50. The molecule has 166 valence electrons. The molecule has 0 spiro atoms. The van der Waals surface area contributed by atoms with Crippen LogP contribution in [0.25, 0.3) is 0 Å². The predicted molar refractivity (Wildman–Crippen MR) is 118 cm³/mol. The molecule has 2 fully saturated rings. The van der Waals surface area contributed by atoms with E-state index in [2.05, 4.69) is 12.2 Å². The van der Waals surface area contributed by atoms with Crippen LogP contribution in [0.4, 0.5) is 0 Å². The van der Waals surface area contributed by atoms with Gasteiger partial charge in [-0.15, -0.1) is 11.8 Å². The number of β-lactam (4-membered cyclic amide) rings is 1. The van der Waals surface area contributed by atoms with E-state index < -0.39 is 17.4 Å². The molecule has 1 saturated heterocycles. The van der Waals surface area contributed by atoms with Gasteiger partial charge in [0.2, 0.25) is 5.91 Å². The molecular formula is C23H28N2O5S. The molecule has 3 aliphatic rings. The van der Waals surface area contributed by atoms with Crippen molar-refractivity contribution in [2.24, 2.45) is 0 Å². The summed E-state index contributed by atoms with van der Waals surface area (Å²) in [5.74, 6) is -0.274. The second-order valence-electron chi connectivity index (χ2n) is 8.46. The summed E-state index contributed by atoms with van der Waals surface area (Å²) in [7, 11) is 0. The minimum absolute atomic E-state index is 0.0532. The van der Waals surface area contributed by atoms with E-state index in [4.69, 9.17) is 4.74 Å². The molecule has 31 heavy (non-hydrogen) atoms. The first-order chi connectivity index (χ1) is 14.9. The highest BCUT2D eigenvalue weighted by atomic mass is 32.2. The van der Waals surface area contributed by atoms with Gasteiger partial charge in [-0.25, -0.2) is 4.79 Å².